The van der Waals surface area contributed by atoms with Crippen LogP contribution in [-0.2, 0) is 0 Å². The zero-order valence-corrected chi connectivity index (χ0v) is 10.2. The Bertz CT molecular complexity index is 158. The number of hydrogen-bond acceptors (Lipinski definition) is 1. The molecular weight excluding hydrogens is 172 g/mol. The highest BCUT2D eigenvalue weighted by Crippen LogP contribution is 2.61. The Morgan fingerprint density at radius 2 is 1.43 bits per heavy atom. The summed E-state index contributed by atoms with van der Waals surface area (Å²) in [6, 6.07) is 0. The van der Waals surface area contributed by atoms with Crippen molar-refractivity contribution in [2.24, 2.45) is 23.2 Å². The lowest BCUT2D eigenvalue weighted by Crippen LogP contribution is -2.58. The number of rotatable bonds is 5. The zero-order chi connectivity index (χ0) is 10.8. The predicted molar refractivity (Wildman–Crippen MR) is 61.2 cm³/mol. The molecule has 0 saturated heterocycles. The summed E-state index contributed by atoms with van der Waals surface area (Å²) >= 11 is 0. The van der Waals surface area contributed by atoms with Gasteiger partial charge in [-0.25, -0.2) is 0 Å². The van der Waals surface area contributed by atoms with Crippen LogP contribution in [0.25, 0.3) is 0 Å². The summed E-state index contributed by atoms with van der Waals surface area (Å²) in [4.78, 5) is 0. The van der Waals surface area contributed by atoms with Crippen molar-refractivity contribution in [3.63, 3.8) is 0 Å². The van der Waals surface area contributed by atoms with E-state index >= 15 is 0 Å². The van der Waals surface area contributed by atoms with Gasteiger partial charge in [-0.3, -0.25) is 0 Å². The Labute approximate surface area is 88.9 Å². The highest BCUT2D eigenvalue weighted by atomic mass is 16.3. The van der Waals surface area contributed by atoms with Crippen LogP contribution in [0, 0.1) is 23.2 Å². The molecule has 1 N–H and O–H groups in total. The Balaban J connectivity index is 2.82. The van der Waals surface area contributed by atoms with E-state index in [1.807, 2.05) is 0 Å². The molecule has 0 bridgehead atoms. The maximum Gasteiger partial charge on any atom is 0.0492 e. The third-order valence-electron chi connectivity index (χ3n) is 4.81. The molecule has 1 heteroatoms. The molecule has 0 heterocycles. The zero-order valence-electron chi connectivity index (χ0n) is 10.2. The van der Waals surface area contributed by atoms with Crippen LogP contribution in [0.15, 0.2) is 0 Å². The fraction of sp³-hybridized carbons (Fsp3) is 1.00. The second kappa shape index (κ2) is 4.65. The van der Waals surface area contributed by atoms with Gasteiger partial charge in [0.2, 0.25) is 0 Å². The van der Waals surface area contributed by atoms with Crippen molar-refractivity contribution in [3.8, 4) is 0 Å². The van der Waals surface area contributed by atoms with E-state index in [1.54, 1.807) is 0 Å². The van der Waals surface area contributed by atoms with Gasteiger partial charge in [0.1, 0.15) is 0 Å². The standard InChI is InChI=1S/C13H26O/c1-5-10-11(6-2)13(8-4,9-14)12(10)7-3/h10-12,14H,5-9H2,1-4H3. The van der Waals surface area contributed by atoms with Crippen LogP contribution in [0.4, 0.5) is 0 Å². The van der Waals surface area contributed by atoms with Gasteiger partial charge in [-0.05, 0) is 29.6 Å². The van der Waals surface area contributed by atoms with Crippen molar-refractivity contribution in [2.75, 3.05) is 6.61 Å². The van der Waals surface area contributed by atoms with Crippen LogP contribution >= 0.6 is 0 Å². The maximum atomic E-state index is 9.65. The molecule has 1 aliphatic rings. The molecule has 0 spiro atoms. The van der Waals surface area contributed by atoms with Crippen LogP contribution in [0.5, 0.6) is 0 Å². The first-order chi connectivity index (χ1) is 6.71. The molecule has 1 fully saturated rings. The van der Waals surface area contributed by atoms with Gasteiger partial charge < -0.3 is 5.11 Å². The van der Waals surface area contributed by atoms with Gasteiger partial charge >= 0.3 is 0 Å². The van der Waals surface area contributed by atoms with E-state index < -0.39 is 0 Å². The molecule has 0 aromatic rings. The minimum absolute atomic E-state index is 0.268. The van der Waals surface area contributed by atoms with E-state index in [2.05, 4.69) is 27.7 Å². The summed E-state index contributed by atoms with van der Waals surface area (Å²) < 4.78 is 0. The average molecular weight is 198 g/mol. The molecule has 14 heavy (non-hydrogen) atoms. The Morgan fingerprint density at radius 3 is 1.64 bits per heavy atom. The fourth-order valence-corrected chi connectivity index (χ4v) is 4.15. The number of aliphatic hydroxyl groups excluding tert-OH is 1. The van der Waals surface area contributed by atoms with E-state index in [0.717, 1.165) is 24.2 Å². The molecule has 0 amide bonds. The molecule has 2 atom stereocenters. The van der Waals surface area contributed by atoms with Crippen molar-refractivity contribution in [1.82, 2.24) is 0 Å². The second-order valence-corrected chi connectivity index (χ2v) is 4.85. The average Bonchev–Trinajstić information content (AvgIpc) is 2.20. The van der Waals surface area contributed by atoms with Gasteiger partial charge in [-0.1, -0.05) is 47.0 Å². The SMILES string of the molecule is CCC1C(CC)C(CC)(CO)C1CC. The molecular formula is C13H26O. The normalized spacial score (nSPS) is 42.2. The Hall–Kier alpha value is -0.0400. The van der Waals surface area contributed by atoms with Crippen LogP contribution in [-0.4, -0.2) is 11.7 Å². The van der Waals surface area contributed by atoms with E-state index in [-0.39, 0.29) is 5.41 Å². The van der Waals surface area contributed by atoms with Gasteiger partial charge in [0, 0.05) is 6.61 Å². The van der Waals surface area contributed by atoms with Gasteiger partial charge in [0.25, 0.3) is 0 Å². The first-order valence-corrected chi connectivity index (χ1v) is 6.32. The molecule has 0 aromatic heterocycles. The van der Waals surface area contributed by atoms with Crippen LogP contribution in [0.1, 0.15) is 53.4 Å². The molecule has 84 valence electrons. The summed E-state index contributed by atoms with van der Waals surface area (Å²) in [6.07, 6.45) is 4.92. The lowest BCUT2D eigenvalue weighted by atomic mass is 9.44. The molecule has 1 rings (SSSR count). The van der Waals surface area contributed by atoms with Crippen molar-refractivity contribution < 1.29 is 5.11 Å². The summed E-state index contributed by atoms with van der Waals surface area (Å²) in [7, 11) is 0. The van der Waals surface area contributed by atoms with E-state index in [4.69, 9.17) is 0 Å². The lowest BCUT2D eigenvalue weighted by Gasteiger charge is -2.61. The van der Waals surface area contributed by atoms with Crippen LogP contribution in [0.2, 0.25) is 0 Å². The second-order valence-electron chi connectivity index (χ2n) is 4.85. The monoisotopic (exact) mass is 198 g/mol. The first-order valence-electron chi connectivity index (χ1n) is 6.32. The number of aliphatic hydroxyl groups is 1. The molecule has 0 aliphatic heterocycles. The Kier molecular flexibility index (Phi) is 4.00. The fourth-order valence-electron chi connectivity index (χ4n) is 4.15. The van der Waals surface area contributed by atoms with E-state index in [0.29, 0.717) is 6.61 Å². The minimum atomic E-state index is 0.268. The van der Waals surface area contributed by atoms with Crippen molar-refractivity contribution in [3.05, 3.63) is 0 Å². The third kappa shape index (κ3) is 1.41. The highest BCUT2D eigenvalue weighted by molar-refractivity contribution is 5.05. The molecule has 1 aliphatic carbocycles. The summed E-state index contributed by atoms with van der Waals surface area (Å²) in [5.41, 5.74) is 0.268. The lowest BCUT2D eigenvalue weighted by molar-refractivity contribution is -0.158. The van der Waals surface area contributed by atoms with Gasteiger partial charge in [0.15, 0.2) is 0 Å². The van der Waals surface area contributed by atoms with Gasteiger partial charge in [-0.15, -0.1) is 0 Å². The van der Waals surface area contributed by atoms with Crippen molar-refractivity contribution in [1.29, 1.82) is 0 Å². The van der Waals surface area contributed by atoms with Crippen LogP contribution in [0.3, 0.4) is 0 Å². The largest absolute Gasteiger partial charge is 0.396 e. The molecule has 1 nitrogen and oxygen atoms in total. The first kappa shape index (κ1) is 12.0. The highest BCUT2D eigenvalue weighted by Gasteiger charge is 2.57. The van der Waals surface area contributed by atoms with Crippen molar-refractivity contribution >= 4 is 0 Å². The molecule has 0 radical (unpaired) electrons. The summed E-state index contributed by atoms with van der Waals surface area (Å²) in [5.74, 6) is 2.41. The topological polar surface area (TPSA) is 20.2 Å². The minimum Gasteiger partial charge on any atom is -0.396 e. The smallest absolute Gasteiger partial charge is 0.0492 e. The summed E-state index contributed by atoms with van der Waals surface area (Å²) in [5, 5.41) is 9.65. The van der Waals surface area contributed by atoms with E-state index in [1.165, 1.54) is 19.3 Å². The quantitative estimate of drug-likeness (QED) is 0.717. The van der Waals surface area contributed by atoms with Gasteiger partial charge in [0.05, 0.1) is 0 Å². The maximum absolute atomic E-state index is 9.65. The Morgan fingerprint density at radius 1 is 0.929 bits per heavy atom. The van der Waals surface area contributed by atoms with Crippen LogP contribution < -0.4 is 0 Å². The van der Waals surface area contributed by atoms with Gasteiger partial charge in [-0.2, -0.15) is 0 Å². The predicted octanol–water partition coefficient (Wildman–Crippen LogP) is 3.47. The van der Waals surface area contributed by atoms with E-state index in [9.17, 15) is 5.11 Å². The molecule has 1 saturated carbocycles. The third-order valence-corrected chi connectivity index (χ3v) is 4.81. The number of hydrogen-bond donors (Lipinski definition) is 1. The van der Waals surface area contributed by atoms with Crippen molar-refractivity contribution in [2.45, 2.75) is 53.4 Å². The molecule has 0 aromatic carbocycles. The summed E-state index contributed by atoms with van der Waals surface area (Å²) in [6.45, 7) is 9.50. The molecule has 2 unspecified atom stereocenters.